The highest BCUT2D eigenvalue weighted by Crippen LogP contribution is 2.17. The molecule has 3 N–H and O–H groups in total. The first-order valence-corrected chi connectivity index (χ1v) is 8.66. The summed E-state index contributed by atoms with van der Waals surface area (Å²) in [5.41, 5.74) is 7.69. The summed E-state index contributed by atoms with van der Waals surface area (Å²) >= 11 is 0. The van der Waals surface area contributed by atoms with Crippen molar-refractivity contribution in [3.63, 3.8) is 0 Å². The molecule has 116 valence electrons. The van der Waals surface area contributed by atoms with E-state index in [0.29, 0.717) is 18.0 Å². The van der Waals surface area contributed by atoms with Gasteiger partial charge in [-0.25, -0.2) is 8.42 Å². The van der Waals surface area contributed by atoms with E-state index in [-0.39, 0.29) is 11.9 Å². The van der Waals surface area contributed by atoms with Gasteiger partial charge in [-0.15, -0.1) is 0 Å². The van der Waals surface area contributed by atoms with Gasteiger partial charge in [-0.05, 0) is 37.5 Å². The number of sulfone groups is 1. The third kappa shape index (κ3) is 4.71. The molecule has 1 aliphatic rings. The molecule has 1 aromatic carbocycles. The van der Waals surface area contributed by atoms with Crippen molar-refractivity contribution in [2.75, 3.05) is 29.2 Å². The number of benzene rings is 1. The molecular formula is C14H20N2O4S. The van der Waals surface area contributed by atoms with Crippen molar-refractivity contribution in [2.45, 2.75) is 25.9 Å². The van der Waals surface area contributed by atoms with Crippen LogP contribution in [0.25, 0.3) is 0 Å². The van der Waals surface area contributed by atoms with Crippen LogP contribution in [0.2, 0.25) is 0 Å². The summed E-state index contributed by atoms with van der Waals surface area (Å²) in [6.07, 6.45) is 1.32. The molecule has 1 aromatic rings. The molecule has 7 heteroatoms. The van der Waals surface area contributed by atoms with Gasteiger partial charge in [0, 0.05) is 18.0 Å². The topological polar surface area (TPSA) is 98.5 Å². The number of hydrogen-bond donors (Lipinski definition) is 2. The van der Waals surface area contributed by atoms with E-state index in [0.717, 1.165) is 18.4 Å². The minimum atomic E-state index is -3.47. The van der Waals surface area contributed by atoms with Crippen LogP contribution in [0, 0.1) is 6.92 Å². The van der Waals surface area contributed by atoms with Crippen molar-refractivity contribution in [3.8, 4) is 0 Å². The molecule has 6 nitrogen and oxygen atoms in total. The third-order valence-electron chi connectivity index (χ3n) is 3.38. The van der Waals surface area contributed by atoms with E-state index in [1.54, 1.807) is 18.2 Å². The molecule has 0 aromatic heterocycles. The maximum atomic E-state index is 11.9. The Hall–Kier alpha value is -1.60. The number of amides is 1. The first kappa shape index (κ1) is 15.8. The van der Waals surface area contributed by atoms with Gasteiger partial charge >= 0.3 is 0 Å². The molecule has 0 spiro atoms. The van der Waals surface area contributed by atoms with Gasteiger partial charge in [0.1, 0.15) is 5.75 Å². The quantitative estimate of drug-likeness (QED) is 0.794. The second kappa shape index (κ2) is 6.44. The van der Waals surface area contributed by atoms with Crippen molar-refractivity contribution in [2.24, 2.45) is 0 Å². The van der Waals surface area contributed by atoms with E-state index in [1.807, 2.05) is 6.92 Å². The summed E-state index contributed by atoms with van der Waals surface area (Å²) in [6, 6.07) is 5.07. The maximum absolute atomic E-state index is 11.9. The normalized spacial score (nSPS) is 18.6. The first-order valence-electron chi connectivity index (χ1n) is 6.84. The summed E-state index contributed by atoms with van der Waals surface area (Å²) in [5.74, 6) is -1.20. The standard InChI is InChI=1S/C14H20N2O4S/c1-10-4-5-11(7-13(10)15)16-14(17)9-21(18,19)8-12-3-2-6-20-12/h4-5,7,12H,2-3,6,8-9,15H2,1H3,(H,16,17). The van der Waals surface area contributed by atoms with Gasteiger partial charge in [-0.1, -0.05) is 6.07 Å². The Morgan fingerprint density at radius 2 is 2.24 bits per heavy atom. The van der Waals surface area contributed by atoms with E-state index >= 15 is 0 Å². The highest BCUT2D eigenvalue weighted by molar-refractivity contribution is 7.92. The molecule has 1 saturated heterocycles. The number of aryl methyl sites for hydroxylation is 1. The lowest BCUT2D eigenvalue weighted by Gasteiger charge is -2.11. The average molecular weight is 312 g/mol. The number of anilines is 2. The van der Waals surface area contributed by atoms with Crippen molar-refractivity contribution < 1.29 is 17.9 Å². The molecule has 0 radical (unpaired) electrons. The maximum Gasteiger partial charge on any atom is 0.239 e. The molecule has 1 fully saturated rings. The third-order valence-corrected chi connectivity index (χ3v) is 4.96. The monoisotopic (exact) mass is 312 g/mol. The summed E-state index contributed by atoms with van der Waals surface area (Å²) < 4.78 is 29.2. The Kier molecular flexibility index (Phi) is 4.84. The molecule has 1 amide bonds. The van der Waals surface area contributed by atoms with Crippen LogP contribution >= 0.6 is 0 Å². The summed E-state index contributed by atoms with van der Waals surface area (Å²) in [4.78, 5) is 11.8. The molecular weight excluding hydrogens is 292 g/mol. The number of nitrogen functional groups attached to an aromatic ring is 1. The second-order valence-electron chi connectivity index (χ2n) is 5.31. The molecule has 1 unspecified atom stereocenters. The number of ether oxygens (including phenoxy) is 1. The lowest BCUT2D eigenvalue weighted by atomic mass is 10.2. The fourth-order valence-electron chi connectivity index (χ4n) is 2.23. The Morgan fingerprint density at radius 1 is 1.48 bits per heavy atom. The van der Waals surface area contributed by atoms with E-state index < -0.39 is 21.5 Å². The van der Waals surface area contributed by atoms with Gasteiger partial charge in [-0.2, -0.15) is 0 Å². The lowest BCUT2D eigenvalue weighted by molar-refractivity contribution is -0.113. The minimum absolute atomic E-state index is 0.101. The van der Waals surface area contributed by atoms with Crippen LogP contribution in [0.5, 0.6) is 0 Å². The molecule has 2 rings (SSSR count). The molecule has 21 heavy (non-hydrogen) atoms. The number of hydrogen-bond acceptors (Lipinski definition) is 5. The Morgan fingerprint density at radius 3 is 2.86 bits per heavy atom. The zero-order chi connectivity index (χ0) is 15.5. The van der Waals surface area contributed by atoms with Crippen molar-refractivity contribution >= 4 is 27.1 Å². The van der Waals surface area contributed by atoms with Crippen LogP contribution in [0.1, 0.15) is 18.4 Å². The number of nitrogens with two attached hydrogens (primary N) is 1. The van der Waals surface area contributed by atoms with E-state index in [9.17, 15) is 13.2 Å². The minimum Gasteiger partial charge on any atom is -0.398 e. The Balaban J connectivity index is 1.92. The van der Waals surface area contributed by atoms with Crippen LogP contribution < -0.4 is 11.1 Å². The summed E-state index contributed by atoms with van der Waals surface area (Å²) in [6.45, 7) is 2.45. The predicted molar refractivity (Wildman–Crippen MR) is 81.8 cm³/mol. The van der Waals surface area contributed by atoms with Crippen LogP contribution in [0.3, 0.4) is 0 Å². The van der Waals surface area contributed by atoms with E-state index in [4.69, 9.17) is 10.5 Å². The molecule has 1 heterocycles. The van der Waals surface area contributed by atoms with Gasteiger partial charge < -0.3 is 15.8 Å². The van der Waals surface area contributed by atoms with Gasteiger partial charge in [0.05, 0.1) is 11.9 Å². The van der Waals surface area contributed by atoms with Gasteiger partial charge in [0.25, 0.3) is 0 Å². The Bertz CT molecular complexity index is 622. The number of nitrogens with one attached hydrogen (secondary N) is 1. The molecule has 0 saturated carbocycles. The Labute approximate surface area is 124 Å². The van der Waals surface area contributed by atoms with Crippen molar-refractivity contribution in [3.05, 3.63) is 23.8 Å². The number of carbonyl (C=O) groups excluding carboxylic acids is 1. The van der Waals surface area contributed by atoms with Gasteiger partial charge in [0.15, 0.2) is 9.84 Å². The second-order valence-corrected chi connectivity index (χ2v) is 7.42. The van der Waals surface area contributed by atoms with Crippen LogP contribution in [-0.2, 0) is 19.4 Å². The zero-order valence-corrected chi connectivity index (χ0v) is 12.8. The smallest absolute Gasteiger partial charge is 0.239 e. The van der Waals surface area contributed by atoms with Crippen LogP contribution in [0.4, 0.5) is 11.4 Å². The SMILES string of the molecule is Cc1ccc(NC(=O)CS(=O)(=O)CC2CCCO2)cc1N. The zero-order valence-electron chi connectivity index (χ0n) is 12.0. The number of rotatable bonds is 5. The molecule has 1 aliphatic heterocycles. The average Bonchev–Trinajstić information content (AvgIpc) is 2.85. The molecule has 0 aliphatic carbocycles. The highest BCUT2D eigenvalue weighted by atomic mass is 32.2. The largest absolute Gasteiger partial charge is 0.398 e. The summed E-state index contributed by atoms with van der Waals surface area (Å²) in [5, 5.41) is 2.55. The fraction of sp³-hybridized carbons (Fsp3) is 0.500. The predicted octanol–water partition coefficient (Wildman–Crippen LogP) is 1.11. The van der Waals surface area contributed by atoms with Crippen molar-refractivity contribution in [1.29, 1.82) is 0 Å². The lowest BCUT2D eigenvalue weighted by Crippen LogP contribution is -2.29. The number of carbonyl (C=O) groups is 1. The van der Waals surface area contributed by atoms with Gasteiger partial charge in [-0.3, -0.25) is 4.79 Å². The van der Waals surface area contributed by atoms with E-state index in [2.05, 4.69) is 5.32 Å². The van der Waals surface area contributed by atoms with E-state index in [1.165, 1.54) is 0 Å². The fourth-order valence-corrected chi connectivity index (χ4v) is 3.65. The van der Waals surface area contributed by atoms with Gasteiger partial charge in [0.2, 0.25) is 5.91 Å². The first-order chi connectivity index (χ1) is 9.85. The van der Waals surface area contributed by atoms with Crippen LogP contribution in [0.15, 0.2) is 18.2 Å². The molecule has 1 atom stereocenters. The summed E-state index contributed by atoms with van der Waals surface area (Å²) in [7, 11) is -3.47. The highest BCUT2D eigenvalue weighted by Gasteiger charge is 2.25. The van der Waals surface area contributed by atoms with Crippen LogP contribution in [-0.4, -0.2) is 38.5 Å². The van der Waals surface area contributed by atoms with Crippen molar-refractivity contribution in [1.82, 2.24) is 0 Å². The molecule has 0 bridgehead atoms.